The van der Waals surface area contributed by atoms with Crippen LogP contribution in [0.1, 0.15) is 13.0 Å². The van der Waals surface area contributed by atoms with Crippen LogP contribution in [0.4, 0.5) is 0 Å². The van der Waals surface area contributed by atoms with E-state index >= 15 is 0 Å². The summed E-state index contributed by atoms with van der Waals surface area (Å²) in [6.45, 7) is 1.75. The van der Waals surface area contributed by atoms with Crippen LogP contribution in [-0.4, -0.2) is 41.4 Å². The van der Waals surface area contributed by atoms with E-state index in [0.29, 0.717) is 11.0 Å². The summed E-state index contributed by atoms with van der Waals surface area (Å²) in [5.74, 6) is 0. The first-order valence-electron chi connectivity index (χ1n) is 5.09. The largest absolute Gasteiger partial charge is 0.394 e. The zero-order valence-corrected chi connectivity index (χ0v) is 10.3. The van der Waals surface area contributed by atoms with Gasteiger partial charge in [0, 0.05) is 6.26 Å². The van der Waals surface area contributed by atoms with Gasteiger partial charge in [-0.25, -0.2) is 13.1 Å². The average molecular weight is 255 g/mol. The van der Waals surface area contributed by atoms with Crippen molar-refractivity contribution in [2.45, 2.75) is 17.9 Å². The molecule has 0 saturated carbocycles. The van der Waals surface area contributed by atoms with Gasteiger partial charge in [0.25, 0.3) is 0 Å². The first kappa shape index (κ1) is 12.0. The van der Waals surface area contributed by atoms with Crippen molar-refractivity contribution in [2.24, 2.45) is 0 Å². The quantitative estimate of drug-likeness (QED) is 0.857. The van der Waals surface area contributed by atoms with Gasteiger partial charge in [-0.2, -0.15) is 0 Å². The molecule has 1 N–H and O–H groups in total. The summed E-state index contributed by atoms with van der Waals surface area (Å²) < 4.78 is 24.3. The van der Waals surface area contributed by atoms with Gasteiger partial charge < -0.3 is 5.11 Å². The van der Waals surface area contributed by atoms with Crippen LogP contribution in [0.25, 0.3) is 11.0 Å². The fourth-order valence-electron chi connectivity index (χ4n) is 1.56. The molecule has 7 heteroatoms. The fourth-order valence-corrected chi connectivity index (χ4v) is 2.20. The van der Waals surface area contributed by atoms with Crippen molar-refractivity contribution in [2.75, 3.05) is 12.9 Å². The Kier molecular flexibility index (Phi) is 2.88. The topological polar surface area (TPSA) is 85.1 Å². The van der Waals surface area contributed by atoms with Crippen LogP contribution in [0.3, 0.4) is 0 Å². The van der Waals surface area contributed by atoms with Crippen LogP contribution in [0.5, 0.6) is 0 Å². The number of aromatic nitrogens is 3. The Morgan fingerprint density at radius 1 is 1.47 bits per heavy atom. The molecule has 0 amide bonds. The van der Waals surface area contributed by atoms with Crippen molar-refractivity contribution < 1.29 is 13.5 Å². The zero-order chi connectivity index (χ0) is 12.6. The molecular weight excluding hydrogens is 242 g/mol. The Hall–Kier alpha value is -1.47. The molecule has 1 aromatic carbocycles. The molecule has 6 nitrogen and oxygen atoms in total. The third-order valence-electron chi connectivity index (χ3n) is 2.55. The third-order valence-corrected chi connectivity index (χ3v) is 3.66. The molecular formula is C10H13N3O3S. The Labute approximate surface area is 98.8 Å². The highest BCUT2D eigenvalue weighted by Crippen LogP contribution is 2.19. The summed E-state index contributed by atoms with van der Waals surface area (Å²) >= 11 is 0. The second kappa shape index (κ2) is 4.08. The highest BCUT2D eigenvalue weighted by molar-refractivity contribution is 7.90. The van der Waals surface area contributed by atoms with Crippen LogP contribution < -0.4 is 0 Å². The lowest BCUT2D eigenvalue weighted by atomic mass is 10.3. The number of fused-ring (bicyclic) bond motifs is 1. The molecule has 0 aliphatic heterocycles. The molecule has 0 saturated heterocycles. The minimum absolute atomic E-state index is 0.0493. The summed E-state index contributed by atoms with van der Waals surface area (Å²) in [5.41, 5.74) is 1.21. The van der Waals surface area contributed by atoms with E-state index in [1.807, 2.05) is 0 Å². The molecule has 92 valence electrons. The minimum Gasteiger partial charge on any atom is -0.394 e. The smallest absolute Gasteiger partial charge is 0.175 e. The van der Waals surface area contributed by atoms with Gasteiger partial charge in [-0.1, -0.05) is 5.21 Å². The number of aliphatic hydroxyl groups is 1. The predicted octanol–water partition coefficient (Wildman–Crippen LogP) is 0.388. The van der Waals surface area contributed by atoms with Crippen LogP contribution in [0, 0.1) is 0 Å². The van der Waals surface area contributed by atoms with Gasteiger partial charge in [0.2, 0.25) is 0 Å². The van der Waals surface area contributed by atoms with Crippen molar-refractivity contribution >= 4 is 20.9 Å². The second-order valence-electron chi connectivity index (χ2n) is 3.99. The molecule has 0 aliphatic carbocycles. The Morgan fingerprint density at radius 2 is 2.18 bits per heavy atom. The molecule has 0 aliphatic rings. The van der Waals surface area contributed by atoms with E-state index in [1.165, 1.54) is 12.1 Å². The van der Waals surface area contributed by atoms with Gasteiger partial charge in [-0.15, -0.1) is 5.10 Å². The van der Waals surface area contributed by atoms with Gasteiger partial charge in [0.1, 0.15) is 5.52 Å². The molecule has 0 fully saturated rings. The second-order valence-corrected chi connectivity index (χ2v) is 6.00. The molecule has 0 bridgehead atoms. The van der Waals surface area contributed by atoms with E-state index in [2.05, 4.69) is 10.3 Å². The highest BCUT2D eigenvalue weighted by atomic mass is 32.2. The van der Waals surface area contributed by atoms with Crippen molar-refractivity contribution in [3.63, 3.8) is 0 Å². The lowest BCUT2D eigenvalue weighted by molar-refractivity contribution is 0.231. The summed E-state index contributed by atoms with van der Waals surface area (Å²) in [6, 6.07) is 4.46. The number of hydrogen-bond acceptors (Lipinski definition) is 5. The number of nitrogens with zero attached hydrogens (tertiary/aromatic N) is 3. The van der Waals surface area contributed by atoms with Crippen molar-refractivity contribution in [1.29, 1.82) is 0 Å². The van der Waals surface area contributed by atoms with E-state index < -0.39 is 9.84 Å². The van der Waals surface area contributed by atoms with E-state index in [1.54, 1.807) is 17.7 Å². The van der Waals surface area contributed by atoms with Gasteiger partial charge >= 0.3 is 0 Å². The summed E-state index contributed by atoms with van der Waals surface area (Å²) in [5, 5.41) is 16.9. The minimum atomic E-state index is -3.24. The Bertz CT molecular complexity index is 648. The molecule has 1 unspecified atom stereocenters. The highest BCUT2D eigenvalue weighted by Gasteiger charge is 2.13. The van der Waals surface area contributed by atoms with Crippen molar-refractivity contribution in [3.8, 4) is 0 Å². The first-order valence-corrected chi connectivity index (χ1v) is 6.98. The normalized spacial score (nSPS) is 14.1. The maximum absolute atomic E-state index is 11.4. The maximum Gasteiger partial charge on any atom is 0.175 e. The average Bonchev–Trinajstić information content (AvgIpc) is 2.69. The van der Waals surface area contributed by atoms with Crippen LogP contribution in [0.15, 0.2) is 23.1 Å². The number of sulfone groups is 1. The number of benzene rings is 1. The van der Waals surface area contributed by atoms with Gasteiger partial charge in [-0.3, -0.25) is 0 Å². The summed E-state index contributed by atoms with van der Waals surface area (Å²) in [4.78, 5) is 0.216. The molecule has 17 heavy (non-hydrogen) atoms. The first-order chi connectivity index (χ1) is 7.93. The Balaban J connectivity index is 2.60. The monoisotopic (exact) mass is 255 g/mol. The molecule has 0 radical (unpaired) electrons. The zero-order valence-electron chi connectivity index (χ0n) is 9.53. The predicted molar refractivity (Wildman–Crippen MR) is 62.4 cm³/mol. The van der Waals surface area contributed by atoms with Crippen LogP contribution in [-0.2, 0) is 9.84 Å². The van der Waals surface area contributed by atoms with E-state index in [4.69, 9.17) is 5.11 Å². The van der Waals surface area contributed by atoms with Gasteiger partial charge in [-0.05, 0) is 25.1 Å². The maximum atomic E-state index is 11.4. The lowest BCUT2D eigenvalue weighted by Gasteiger charge is -2.08. The number of hydrogen-bond donors (Lipinski definition) is 1. The van der Waals surface area contributed by atoms with Gasteiger partial charge in [0.05, 0.1) is 23.1 Å². The molecule has 1 aromatic heterocycles. The molecule has 1 heterocycles. The van der Waals surface area contributed by atoms with E-state index in [0.717, 1.165) is 6.26 Å². The summed E-state index contributed by atoms with van der Waals surface area (Å²) in [6.07, 6.45) is 1.15. The van der Waals surface area contributed by atoms with Crippen molar-refractivity contribution in [3.05, 3.63) is 18.2 Å². The molecule has 1 atom stereocenters. The molecule has 2 aromatic rings. The fraction of sp³-hybridized carbons (Fsp3) is 0.400. The van der Waals surface area contributed by atoms with Crippen molar-refractivity contribution in [1.82, 2.24) is 15.0 Å². The Morgan fingerprint density at radius 3 is 2.76 bits per heavy atom. The number of aliphatic hydroxyl groups excluding tert-OH is 1. The van der Waals surface area contributed by atoms with E-state index in [9.17, 15) is 8.42 Å². The van der Waals surface area contributed by atoms with Gasteiger partial charge in [0.15, 0.2) is 9.84 Å². The molecule has 2 rings (SSSR count). The van der Waals surface area contributed by atoms with E-state index in [-0.39, 0.29) is 17.5 Å². The number of rotatable bonds is 3. The molecule has 0 spiro atoms. The SMILES string of the molecule is CC(CO)n1nnc2cc(S(C)(=O)=O)ccc21. The van der Waals surface area contributed by atoms with Crippen LogP contribution >= 0.6 is 0 Å². The summed E-state index contributed by atoms with van der Waals surface area (Å²) in [7, 11) is -3.24. The van der Waals surface area contributed by atoms with Crippen LogP contribution in [0.2, 0.25) is 0 Å². The lowest BCUT2D eigenvalue weighted by Crippen LogP contribution is -2.10. The third kappa shape index (κ3) is 2.16. The standard InChI is InChI=1S/C10H13N3O3S/c1-7(6-14)13-10-4-3-8(17(2,15)16)5-9(10)11-12-13/h3-5,7,14H,6H2,1-2H3.